The molecule has 4 rings (SSSR count). The lowest BCUT2D eigenvalue weighted by molar-refractivity contribution is -0.114. The molecule has 3 aromatic rings. The number of hydrogen-bond acceptors (Lipinski definition) is 6. The highest BCUT2D eigenvalue weighted by Gasteiger charge is 2.36. The van der Waals surface area contributed by atoms with Crippen molar-refractivity contribution >= 4 is 33.0 Å². The van der Waals surface area contributed by atoms with E-state index in [9.17, 15) is 13.2 Å². The first-order valence-corrected chi connectivity index (χ1v) is 10.8. The zero-order valence-corrected chi connectivity index (χ0v) is 17.9. The molecule has 3 aromatic carbocycles. The van der Waals surface area contributed by atoms with E-state index in [2.05, 4.69) is 5.32 Å². The predicted molar refractivity (Wildman–Crippen MR) is 116 cm³/mol. The topological polar surface area (TPSA) is 94.2 Å². The second-order valence-electron chi connectivity index (χ2n) is 6.69. The van der Waals surface area contributed by atoms with Gasteiger partial charge < -0.3 is 19.5 Å². The average molecular weight is 440 g/mol. The fourth-order valence-corrected chi connectivity index (χ4v) is 5.07. The van der Waals surface area contributed by atoms with Crippen molar-refractivity contribution in [2.24, 2.45) is 0 Å². The number of methoxy groups -OCH3 is 2. The molecular weight excluding hydrogens is 420 g/mol. The minimum absolute atomic E-state index is 0.0763. The summed E-state index contributed by atoms with van der Waals surface area (Å²) in [7, 11) is -1.41. The maximum absolute atomic E-state index is 14.0. The number of amides is 1. The Kier molecular flexibility index (Phi) is 5.20. The van der Waals surface area contributed by atoms with E-state index < -0.39 is 10.0 Å². The summed E-state index contributed by atoms with van der Waals surface area (Å²) < 4.78 is 45.7. The Bertz CT molecular complexity index is 1230. The van der Waals surface area contributed by atoms with Crippen LogP contribution in [0.25, 0.3) is 0 Å². The molecule has 0 atom stereocenters. The molecule has 1 aliphatic rings. The fraction of sp³-hybridized carbons (Fsp3) is 0.136. The van der Waals surface area contributed by atoms with Crippen LogP contribution in [-0.4, -0.2) is 28.5 Å². The number of nitrogens with one attached hydrogen (secondary N) is 1. The third-order valence-corrected chi connectivity index (χ3v) is 6.45. The lowest BCUT2D eigenvalue weighted by Gasteiger charge is -2.32. The van der Waals surface area contributed by atoms with Crippen LogP contribution in [0.4, 0.5) is 17.1 Å². The molecule has 9 heteroatoms. The van der Waals surface area contributed by atoms with Gasteiger partial charge in [0.05, 0.1) is 19.9 Å². The molecule has 8 nitrogen and oxygen atoms in total. The average Bonchev–Trinajstić information content (AvgIpc) is 2.76. The van der Waals surface area contributed by atoms with Gasteiger partial charge in [0.25, 0.3) is 10.0 Å². The number of hydrogen-bond donors (Lipinski definition) is 1. The fourth-order valence-electron chi connectivity index (χ4n) is 3.39. The molecule has 0 radical (unpaired) electrons. The molecule has 0 aromatic heterocycles. The highest BCUT2D eigenvalue weighted by Crippen LogP contribution is 2.50. The van der Waals surface area contributed by atoms with Gasteiger partial charge >= 0.3 is 0 Å². The van der Waals surface area contributed by atoms with Gasteiger partial charge in [-0.05, 0) is 30.3 Å². The number of ether oxygens (including phenoxy) is 3. The Morgan fingerprint density at radius 3 is 1.97 bits per heavy atom. The van der Waals surface area contributed by atoms with Crippen molar-refractivity contribution in [3.8, 4) is 23.0 Å². The van der Waals surface area contributed by atoms with Crippen LogP contribution in [0.2, 0.25) is 0 Å². The highest BCUT2D eigenvalue weighted by atomic mass is 32.2. The predicted octanol–water partition coefficient (Wildman–Crippen LogP) is 4.29. The van der Waals surface area contributed by atoms with Crippen LogP contribution in [0.5, 0.6) is 23.0 Å². The van der Waals surface area contributed by atoms with Gasteiger partial charge in [0.15, 0.2) is 11.5 Å². The summed E-state index contributed by atoms with van der Waals surface area (Å²) in [4.78, 5) is 11.5. The van der Waals surface area contributed by atoms with E-state index in [1.807, 2.05) is 0 Å². The van der Waals surface area contributed by atoms with Gasteiger partial charge in [-0.25, -0.2) is 12.7 Å². The van der Waals surface area contributed by atoms with Crippen molar-refractivity contribution < 1.29 is 27.4 Å². The van der Waals surface area contributed by atoms with Crippen LogP contribution in [0.3, 0.4) is 0 Å². The zero-order chi connectivity index (χ0) is 22.2. The molecule has 1 amide bonds. The van der Waals surface area contributed by atoms with Gasteiger partial charge in [0.1, 0.15) is 27.8 Å². The van der Waals surface area contributed by atoms with Crippen molar-refractivity contribution in [2.75, 3.05) is 23.8 Å². The Labute approximate surface area is 180 Å². The largest absolute Gasteiger partial charge is 0.495 e. The summed E-state index contributed by atoms with van der Waals surface area (Å²) >= 11 is 0. The minimum atomic E-state index is -4.19. The van der Waals surface area contributed by atoms with Crippen LogP contribution < -0.4 is 23.8 Å². The number of carbonyl (C=O) groups is 1. The molecule has 0 bridgehead atoms. The van der Waals surface area contributed by atoms with E-state index in [1.165, 1.54) is 37.6 Å². The first kappa shape index (κ1) is 20.5. The van der Waals surface area contributed by atoms with Crippen molar-refractivity contribution in [1.82, 2.24) is 0 Å². The number of para-hydroxylation sites is 4. The van der Waals surface area contributed by atoms with E-state index in [1.54, 1.807) is 48.5 Å². The molecule has 0 saturated heterocycles. The van der Waals surface area contributed by atoms with Gasteiger partial charge in [-0.15, -0.1) is 0 Å². The first-order valence-electron chi connectivity index (χ1n) is 9.31. The van der Waals surface area contributed by atoms with E-state index >= 15 is 0 Å². The first-order chi connectivity index (χ1) is 14.9. The molecular formula is C22H20N2O6S. The minimum Gasteiger partial charge on any atom is -0.495 e. The lowest BCUT2D eigenvalue weighted by Crippen LogP contribution is -2.29. The van der Waals surface area contributed by atoms with E-state index in [4.69, 9.17) is 14.2 Å². The van der Waals surface area contributed by atoms with E-state index in [0.717, 1.165) is 0 Å². The van der Waals surface area contributed by atoms with Crippen LogP contribution in [0.1, 0.15) is 6.92 Å². The molecule has 0 unspecified atom stereocenters. The smallest absolute Gasteiger partial charge is 0.272 e. The van der Waals surface area contributed by atoms with Gasteiger partial charge in [0.2, 0.25) is 5.91 Å². The third kappa shape index (κ3) is 3.53. The number of benzene rings is 3. The van der Waals surface area contributed by atoms with Crippen LogP contribution in [-0.2, 0) is 14.8 Å². The van der Waals surface area contributed by atoms with E-state index in [0.29, 0.717) is 22.9 Å². The molecule has 0 aliphatic carbocycles. The number of sulfonamides is 1. The summed E-state index contributed by atoms with van der Waals surface area (Å²) in [5, 5.41) is 2.60. The molecule has 0 saturated carbocycles. The normalized spacial score (nSPS) is 12.3. The molecule has 0 spiro atoms. The Morgan fingerprint density at radius 2 is 1.45 bits per heavy atom. The molecule has 31 heavy (non-hydrogen) atoms. The quantitative estimate of drug-likeness (QED) is 0.636. The van der Waals surface area contributed by atoms with Crippen molar-refractivity contribution in [3.05, 3.63) is 60.7 Å². The summed E-state index contributed by atoms with van der Waals surface area (Å²) in [6.07, 6.45) is 0. The highest BCUT2D eigenvalue weighted by molar-refractivity contribution is 7.93. The maximum Gasteiger partial charge on any atom is 0.272 e. The van der Waals surface area contributed by atoms with Crippen LogP contribution >= 0.6 is 0 Å². The number of rotatable bonds is 5. The summed E-state index contributed by atoms with van der Waals surface area (Å²) in [6, 6.07) is 16.5. The van der Waals surface area contributed by atoms with Crippen molar-refractivity contribution in [1.29, 1.82) is 0 Å². The molecule has 1 aliphatic heterocycles. The second kappa shape index (κ2) is 7.84. The van der Waals surface area contributed by atoms with Crippen molar-refractivity contribution in [2.45, 2.75) is 11.8 Å². The van der Waals surface area contributed by atoms with Crippen LogP contribution in [0.15, 0.2) is 65.6 Å². The monoisotopic (exact) mass is 440 g/mol. The Morgan fingerprint density at radius 1 is 0.903 bits per heavy atom. The van der Waals surface area contributed by atoms with Gasteiger partial charge in [-0.2, -0.15) is 0 Å². The van der Waals surface area contributed by atoms with Gasteiger partial charge in [-0.1, -0.05) is 24.3 Å². The summed E-state index contributed by atoms with van der Waals surface area (Å²) in [5.74, 6) is 0.786. The third-order valence-electron chi connectivity index (χ3n) is 4.70. The standard InChI is InChI=1S/C22H20N2O6S/c1-14(25)23-15-12-22(21(29-3)13-20(15)28-2)31(26,27)24-16-8-4-6-10-18(16)30-19-11-7-5-9-17(19)24/h4-13H,1-3H3,(H,23,25). The number of anilines is 3. The summed E-state index contributed by atoms with van der Waals surface area (Å²) in [5.41, 5.74) is 0.935. The summed E-state index contributed by atoms with van der Waals surface area (Å²) in [6.45, 7) is 1.33. The number of carbonyl (C=O) groups excluding carboxylic acids is 1. The second-order valence-corrected chi connectivity index (χ2v) is 8.45. The SMILES string of the molecule is COc1cc(OC)c(S(=O)(=O)N2c3ccccc3Oc3ccccc32)cc1NC(C)=O. The molecule has 1 heterocycles. The van der Waals surface area contributed by atoms with E-state index in [-0.39, 0.29) is 28.0 Å². The van der Waals surface area contributed by atoms with Gasteiger partial charge in [-0.3, -0.25) is 4.79 Å². The lowest BCUT2D eigenvalue weighted by atomic mass is 10.2. The maximum atomic E-state index is 14.0. The zero-order valence-electron chi connectivity index (χ0n) is 17.1. The Hall–Kier alpha value is -3.72. The Balaban J connectivity index is 1.97. The van der Waals surface area contributed by atoms with Crippen LogP contribution in [0, 0.1) is 0 Å². The number of fused-ring (bicyclic) bond motifs is 2. The molecule has 1 N–H and O–H groups in total. The molecule has 0 fully saturated rings. The number of nitrogens with zero attached hydrogens (tertiary/aromatic N) is 1. The van der Waals surface area contributed by atoms with Gasteiger partial charge in [0, 0.05) is 13.0 Å². The van der Waals surface area contributed by atoms with Crippen molar-refractivity contribution in [3.63, 3.8) is 0 Å². The molecule has 160 valence electrons.